The third-order valence-corrected chi connectivity index (χ3v) is 9.76. The summed E-state index contributed by atoms with van der Waals surface area (Å²) in [6, 6.07) is 28.9. The molecule has 0 atom stereocenters. The summed E-state index contributed by atoms with van der Waals surface area (Å²) in [4.78, 5) is 23.9. The summed E-state index contributed by atoms with van der Waals surface area (Å²) in [7, 11) is -6.33. The number of nitrogens with two attached hydrogens (primary N) is 2. The first-order valence-electron chi connectivity index (χ1n) is 15.3. The van der Waals surface area contributed by atoms with Gasteiger partial charge in [-0.05, 0) is 91.9 Å². The number of hydrogen-bond donors (Lipinski definition) is 2. The molecule has 0 radical (unpaired) electrons. The second kappa shape index (κ2) is 16.1. The highest BCUT2D eigenvalue weighted by atomic mass is 35.5. The number of benzene rings is 4. The van der Waals surface area contributed by atoms with Gasteiger partial charge in [-0.3, -0.25) is 0 Å². The average Bonchev–Trinajstić information content (AvgIpc) is 3.78. The van der Waals surface area contributed by atoms with E-state index in [1.165, 1.54) is 40.7 Å². The van der Waals surface area contributed by atoms with Gasteiger partial charge in [0.2, 0.25) is 20.0 Å². The van der Waals surface area contributed by atoms with Crippen LogP contribution >= 0.6 is 23.2 Å². The minimum absolute atomic E-state index is 0.0166. The summed E-state index contributed by atoms with van der Waals surface area (Å²) in [6.07, 6.45) is 0. The predicted molar refractivity (Wildman–Crippen MR) is 198 cm³/mol. The summed E-state index contributed by atoms with van der Waals surface area (Å²) < 4.78 is 58.5. The van der Waals surface area contributed by atoms with Crippen LogP contribution in [0, 0.1) is 0 Å². The summed E-state index contributed by atoms with van der Waals surface area (Å²) in [5, 5.41) is 20.0. The van der Waals surface area contributed by atoms with Crippen molar-refractivity contribution in [3.63, 3.8) is 0 Å². The summed E-state index contributed by atoms with van der Waals surface area (Å²) >= 11 is 11.9. The van der Waals surface area contributed by atoms with Crippen molar-refractivity contribution in [3.8, 4) is 33.9 Å². The molecular formula is C35H30Cl2N6O8S2. The van der Waals surface area contributed by atoms with E-state index in [9.17, 15) is 26.4 Å². The molecule has 0 unspecified atom stereocenters. The fourth-order valence-corrected chi connectivity index (χ4v) is 6.15. The van der Waals surface area contributed by atoms with Crippen molar-refractivity contribution in [1.29, 1.82) is 0 Å². The molecule has 14 nitrogen and oxygen atoms in total. The summed E-state index contributed by atoms with van der Waals surface area (Å²) in [6.45, 7) is 1.94. The van der Waals surface area contributed by atoms with E-state index >= 15 is 0 Å². The number of hydrogen-bond acceptors (Lipinski definition) is 10. The van der Waals surface area contributed by atoms with Crippen LogP contribution in [0.1, 0.15) is 27.9 Å². The Morgan fingerprint density at radius 1 is 0.623 bits per heavy atom. The molecule has 0 fully saturated rings. The molecule has 0 saturated carbocycles. The van der Waals surface area contributed by atoms with E-state index in [0.717, 1.165) is 11.1 Å². The smallest absolute Gasteiger partial charge is 0.358 e. The number of primary sulfonamides is 2. The maximum atomic E-state index is 12.1. The molecule has 0 aliphatic carbocycles. The van der Waals surface area contributed by atoms with Crippen molar-refractivity contribution in [2.75, 3.05) is 13.7 Å². The number of nitrogens with zero attached hydrogens (tertiary/aromatic N) is 4. The van der Waals surface area contributed by atoms with Crippen LogP contribution in [-0.2, 0) is 29.5 Å². The van der Waals surface area contributed by atoms with Crippen LogP contribution in [0.2, 0.25) is 10.0 Å². The number of carbonyl (C=O) groups is 2. The molecule has 2 aromatic heterocycles. The van der Waals surface area contributed by atoms with Gasteiger partial charge in [0.15, 0.2) is 11.4 Å². The Morgan fingerprint density at radius 2 is 0.981 bits per heavy atom. The van der Waals surface area contributed by atoms with Crippen LogP contribution in [0.3, 0.4) is 0 Å². The number of carbonyl (C=O) groups excluding carboxylic acids is 2. The molecule has 6 aromatic rings. The molecule has 0 amide bonds. The second-order valence-electron chi connectivity index (χ2n) is 11.0. The van der Waals surface area contributed by atoms with E-state index < -0.39 is 32.0 Å². The van der Waals surface area contributed by atoms with E-state index in [1.54, 1.807) is 91.9 Å². The second-order valence-corrected chi connectivity index (χ2v) is 15.0. The zero-order valence-corrected chi connectivity index (χ0v) is 31.0. The van der Waals surface area contributed by atoms with E-state index in [1.807, 2.05) is 0 Å². The van der Waals surface area contributed by atoms with Crippen LogP contribution in [0.25, 0.3) is 33.9 Å². The minimum atomic E-state index is -3.80. The fourth-order valence-electron chi connectivity index (χ4n) is 4.87. The van der Waals surface area contributed by atoms with Crippen LogP contribution in [0.4, 0.5) is 0 Å². The minimum Gasteiger partial charge on any atom is -0.464 e. The third-order valence-electron chi connectivity index (χ3n) is 7.40. The molecule has 2 heterocycles. The van der Waals surface area contributed by atoms with Gasteiger partial charge >= 0.3 is 11.9 Å². The van der Waals surface area contributed by atoms with Crippen molar-refractivity contribution in [2.45, 2.75) is 16.7 Å². The molecule has 53 heavy (non-hydrogen) atoms. The predicted octanol–water partition coefficient (Wildman–Crippen LogP) is 5.64. The molecule has 0 spiro atoms. The Morgan fingerprint density at radius 3 is 1.30 bits per heavy atom. The largest absolute Gasteiger partial charge is 0.464 e. The SMILES string of the molecule is CCOC(=O)c1cc(-c2ccc(Cl)cc2)n(-c2ccc(S(N)(=O)=O)cc2)n1.COC(=O)c1cc(-c2ccc(Cl)cc2)n(-c2ccc(S(N)(=O)=O)cc2)n1. The van der Waals surface area contributed by atoms with Gasteiger partial charge in [-0.25, -0.2) is 46.1 Å². The van der Waals surface area contributed by atoms with E-state index in [-0.39, 0.29) is 27.8 Å². The Kier molecular flexibility index (Phi) is 11.8. The molecule has 18 heteroatoms. The van der Waals surface area contributed by atoms with Gasteiger partial charge in [-0.1, -0.05) is 47.5 Å². The van der Waals surface area contributed by atoms with Gasteiger partial charge in [0.05, 0.1) is 46.3 Å². The third kappa shape index (κ3) is 9.36. The fraction of sp³-hybridized carbons (Fsp3) is 0.0857. The maximum Gasteiger partial charge on any atom is 0.358 e. The highest BCUT2D eigenvalue weighted by molar-refractivity contribution is 7.89. The van der Waals surface area contributed by atoms with Crippen LogP contribution in [0.15, 0.2) is 119 Å². The average molecular weight is 798 g/mol. The molecule has 274 valence electrons. The van der Waals surface area contributed by atoms with Crippen molar-refractivity contribution in [2.24, 2.45) is 10.3 Å². The lowest BCUT2D eigenvalue weighted by molar-refractivity contribution is 0.0518. The zero-order chi connectivity index (χ0) is 38.5. The van der Waals surface area contributed by atoms with Gasteiger partial charge in [0.1, 0.15) is 0 Å². The zero-order valence-electron chi connectivity index (χ0n) is 27.9. The van der Waals surface area contributed by atoms with E-state index in [4.69, 9.17) is 43.0 Å². The molecule has 6 rings (SSSR count). The first kappa shape index (κ1) is 38.9. The highest BCUT2D eigenvalue weighted by Crippen LogP contribution is 2.28. The number of halogens is 2. The lowest BCUT2D eigenvalue weighted by Gasteiger charge is -2.08. The molecule has 4 aromatic carbocycles. The van der Waals surface area contributed by atoms with Crippen molar-refractivity contribution in [3.05, 3.63) is 131 Å². The molecule has 0 saturated heterocycles. The summed E-state index contributed by atoms with van der Waals surface area (Å²) in [5.41, 5.74) is 4.15. The van der Waals surface area contributed by atoms with E-state index in [0.29, 0.717) is 32.8 Å². The molecule has 0 aliphatic heterocycles. The lowest BCUT2D eigenvalue weighted by Crippen LogP contribution is -2.12. The number of sulfonamides is 2. The van der Waals surface area contributed by atoms with Crippen molar-refractivity contribution in [1.82, 2.24) is 19.6 Å². The standard InChI is InChI=1S/C18H16ClN3O4S.C17H14ClN3O4S/c1-2-26-18(23)16-11-17(12-3-5-13(19)6-4-12)22(21-16)14-7-9-15(10-8-14)27(20,24)25;1-25-17(22)15-10-16(11-2-4-12(18)5-3-11)21(20-15)13-6-8-14(9-7-13)26(19,23)24/h3-11H,2H2,1H3,(H2,20,24,25);2-10H,1H3,(H2,19,23,24). The number of methoxy groups -OCH3 is 1. The number of aromatic nitrogens is 4. The Bertz CT molecular complexity index is 2490. The van der Waals surface area contributed by atoms with Crippen LogP contribution in [-0.4, -0.2) is 62.1 Å². The Labute approximate surface area is 314 Å². The number of rotatable bonds is 9. The van der Waals surface area contributed by atoms with Crippen molar-refractivity contribution < 1.29 is 35.9 Å². The number of ether oxygens (including phenoxy) is 2. The highest BCUT2D eigenvalue weighted by Gasteiger charge is 2.20. The van der Waals surface area contributed by atoms with Gasteiger partial charge in [-0.15, -0.1) is 0 Å². The number of esters is 2. The Hall–Kier alpha value is -5.36. The van der Waals surface area contributed by atoms with Gasteiger partial charge < -0.3 is 9.47 Å². The molecule has 0 bridgehead atoms. The van der Waals surface area contributed by atoms with E-state index in [2.05, 4.69) is 10.2 Å². The topological polar surface area (TPSA) is 209 Å². The van der Waals surface area contributed by atoms with Crippen molar-refractivity contribution >= 4 is 55.2 Å². The molecule has 0 aliphatic rings. The first-order valence-corrected chi connectivity index (χ1v) is 19.2. The monoisotopic (exact) mass is 796 g/mol. The lowest BCUT2D eigenvalue weighted by atomic mass is 10.1. The Balaban J connectivity index is 0.000000204. The quantitative estimate of drug-likeness (QED) is 0.172. The van der Waals surface area contributed by atoms with Crippen LogP contribution < -0.4 is 10.3 Å². The normalized spacial score (nSPS) is 11.4. The van der Waals surface area contributed by atoms with Crippen LogP contribution in [0.5, 0.6) is 0 Å². The molecule has 4 N–H and O–H groups in total. The first-order chi connectivity index (χ1) is 25.1. The summed E-state index contributed by atoms with van der Waals surface area (Å²) in [5.74, 6) is -1.13. The molecular weight excluding hydrogens is 767 g/mol. The van der Waals surface area contributed by atoms with Gasteiger partial charge in [-0.2, -0.15) is 10.2 Å². The van der Waals surface area contributed by atoms with Gasteiger partial charge in [0.25, 0.3) is 0 Å². The van der Waals surface area contributed by atoms with Gasteiger partial charge in [0, 0.05) is 21.2 Å². The maximum absolute atomic E-state index is 12.1.